The van der Waals surface area contributed by atoms with Crippen LogP contribution in [0.1, 0.15) is 10.4 Å². The number of rotatable bonds is 2. The van der Waals surface area contributed by atoms with Crippen molar-refractivity contribution in [1.29, 1.82) is 0 Å². The summed E-state index contributed by atoms with van der Waals surface area (Å²) in [5.41, 5.74) is 0.0717. The second kappa shape index (κ2) is 6.19. The fourth-order valence-electron chi connectivity index (χ4n) is 2.17. The fraction of sp³-hybridized carbons (Fsp3) is 0.385. The largest absolute Gasteiger partial charge is 0.357 e. The maximum atomic E-state index is 13.4. The third-order valence-electron chi connectivity index (χ3n) is 3.24. The first kappa shape index (κ1) is 14.7. The Kier molecular flexibility index (Phi) is 4.57. The predicted molar refractivity (Wildman–Crippen MR) is 73.2 cm³/mol. The van der Waals surface area contributed by atoms with Crippen LogP contribution in [0.5, 0.6) is 0 Å². The van der Waals surface area contributed by atoms with Gasteiger partial charge in [-0.25, -0.2) is 4.39 Å². The van der Waals surface area contributed by atoms with E-state index >= 15 is 0 Å². The molecule has 2 rings (SSSR count). The van der Waals surface area contributed by atoms with E-state index in [2.05, 4.69) is 10.6 Å². The van der Waals surface area contributed by atoms with Crippen molar-refractivity contribution in [3.63, 3.8) is 0 Å². The topological polar surface area (TPSA) is 61.4 Å². The number of hydrogen-bond acceptors (Lipinski definition) is 3. The monoisotopic (exact) mass is 299 g/mol. The van der Waals surface area contributed by atoms with Crippen LogP contribution < -0.4 is 10.6 Å². The molecule has 1 heterocycles. The van der Waals surface area contributed by atoms with Crippen LogP contribution in [0.2, 0.25) is 5.02 Å². The zero-order chi connectivity index (χ0) is 14.7. The minimum absolute atomic E-state index is 0.0717. The Morgan fingerprint density at radius 1 is 1.50 bits per heavy atom. The van der Waals surface area contributed by atoms with Crippen molar-refractivity contribution in [2.75, 3.05) is 26.7 Å². The average molecular weight is 300 g/mol. The predicted octanol–water partition coefficient (Wildman–Crippen LogP) is 0.639. The van der Waals surface area contributed by atoms with Crippen molar-refractivity contribution >= 4 is 23.4 Å². The maximum absolute atomic E-state index is 13.4. The normalized spacial score (nSPS) is 18.8. The number of hydrogen-bond donors (Lipinski definition) is 2. The molecule has 1 fully saturated rings. The summed E-state index contributed by atoms with van der Waals surface area (Å²) < 4.78 is 13.4. The summed E-state index contributed by atoms with van der Waals surface area (Å²) in [6, 6.07) is 3.44. The highest BCUT2D eigenvalue weighted by Crippen LogP contribution is 2.22. The van der Waals surface area contributed by atoms with Gasteiger partial charge in [-0.15, -0.1) is 0 Å². The molecule has 1 aromatic rings. The van der Waals surface area contributed by atoms with E-state index in [-0.39, 0.29) is 16.5 Å². The zero-order valence-corrected chi connectivity index (χ0v) is 11.7. The van der Waals surface area contributed by atoms with Gasteiger partial charge in [-0.2, -0.15) is 0 Å². The van der Waals surface area contributed by atoms with Crippen LogP contribution >= 0.6 is 11.6 Å². The lowest BCUT2D eigenvalue weighted by atomic mass is 10.1. The van der Waals surface area contributed by atoms with Crippen molar-refractivity contribution in [2.24, 2.45) is 0 Å². The van der Waals surface area contributed by atoms with Gasteiger partial charge in [-0.05, 0) is 12.1 Å². The second-order valence-corrected chi connectivity index (χ2v) is 4.81. The molecular formula is C13H15ClFN3O2. The Hall–Kier alpha value is -1.66. The van der Waals surface area contributed by atoms with Crippen LogP contribution in [-0.2, 0) is 4.79 Å². The number of amides is 2. The van der Waals surface area contributed by atoms with Gasteiger partial charge in [0.1, 0.15) is 11.9 Å². The number of carbonyl (C=O) groups is 2. The van der Waals surface area contributed by atoms with Crippen molar-refractivity contribution in [1.82, 2.24) is 15.5 Å². The third kappa shape index (κ3) is 2.76. The number of nitrogens with one attached hydrogen (secondary N) is 2. The molecule has 1 aliphatic heterocycles. The van der Waals surface area contributed by atoms with Gasteiger partial charge in [0.15, 0.2) is 0 Å². The van der Waals surface area contributed by atoms with Gasteiger partial charge < -0.3 is 15.5 Å². The second-order valence-electron chi connectivity index (χ2n) is 4.43. The van der Waals surface area contributed by atoms with Crippen LogP contribution in [0.25, 0.3) is 0 Å². The molecule has 1 atom stereocenters. The maximum Gasteiger partial charge on any atom is 0.256 e. The van der Waals surface area contributed by atoms with Crippen molar-refractivity contribution in [3.8, 4) is 0 Å². The van der Waals surface area contributed by atoms with Gasteiger partial charge in [0.25, 0.3) is 5.91 Å². The highest BCUT2D eigenvalue weighted by Gasteiger charge is 2.33. The summed E-state index contributed by atoms with van der Waals surface area (Å²) in [7, 11) is 1.51. The van der Waals surface area contributed by atoms with E-state index < -0.39 is 17.8 Å². The standard InChI is InChI=1S/C13H15ClFN3O2/c1-16-12(19)10-7-17-5-6-18(10)13(20)8-3-2-4-9(15)11(8)14/h2-4,10,17H,5-7H2,1H3,(H,16,19). The summed E-state index contributed by atoms with van der Waals surface area (Å²) in [4.78, 5) is 25.7. The number of nitrogens with zero attached hydrogens (tertiary/aromatic N) is 1. The minimum atomic E-state index is -0.649. The van der Waals surface area contributed by atoms with Crippen LogP contribution in [0.3, 0.4) is 0 Å². The summed E-state index contributed by atoms with van der Waals surface area (Å²) in [5.74, 6) is -1.35. The molecule has 1 aliphatic rings. The molecule has 2 amide bonds. The molecule has 20 heavy (non-hydrogen) atoms. The molecule has 1 saturated heterocycles. The first-order valence-electron chi connectivity index (χ1n) is 6.23. The summed E-state index contributed by atoms with van der Waals surface area (Å²) in [5, 5.41) is 5.35. The summed E-state index contributed by atoms with van der Waals surface area (Å²) in [6.45, 7) is 1.30. The Balaban J connectivity index is 2.30. The van der Waals surface area contributed by atoms with Crippen LogP contribution in [0.15, 0.2) is 18.2 Å². The highest BCUT2D eigenvalue weighted by molar-refractivity contribution is 6.34. The zero-order valence-electron chi connectivity index (χ0n) is 11.0. The van der Waals surface area contributed by atoms with Gasteiger partial charge in [0.05, 0.1) is 10.6 Å². The Morgan fingerprint density at radius 3 is 2.95 bits per heavy atom. The van der Waals surface area contributed by atoms with Crippen LogP contribution in [-0.4, -0.2) is 49.4 Å². The molecule has 1 unspecified atom stereocenters. The number of piperazine rings is 1. The molecule has 0 bridgehead atoms. The van der Waals surface area contributed by atoms with E-state index in [0.29, 0.717) is 19.6 Å². The minimum Gasteiger partial charge on any atom is -0.357 e. The lowest BCUT2D eigenvalue weighted by Crippen LogP contribution is -2.59. The first-order chi connectivity index (χ1) is 9.56. The van der Waals surface area contributed by atoms with E-state index in [0.717, 1.165) is 0 Å². The van der Waals surface area contributed by atoms with Gasteiger partial charge in [0, 0.05) is 26.7 Å². The van der Waals surface area contributed by atoms with Crippen LogP contribution in [0, 0.1) is 5.82 Å². The van der Waals surface area contributed by atoms with E-state index in [4.69, 9.17) is 11.6 Å². The molecule has 1 aromatic carbocycles. The number of carbonyl (C=O) groups excluding carboxylic acids is 2. The lowest BCUT2D eigenvalue weighted by molar-refractivity contribution is -0.125. The van der Waals surface area contributed by atoms with Crippen molar-refractivity contribution in [3.05, 3.63) is 34.6 Å². The molecule has 108 valence electrons. The Bertz CT molecular complexity index is 538. The van der Waals surface area contributed by atoms with Gasteiger partial charge in [-0.3, -0.25) is 9.59 Å². The summed E-state index contributed by atoms with van der Waals surface area (Å²) in [6.07, 6.45) is 0. The van der Waals surface area contributed by atoms with Crippen LogP contribution in [0.4, 0.5) is 4.39 Å². The number of benzene rings is 1. The van der Waals surface area contributed by atoms with Crippen molar-refractivity contribution in [2.45, 2.75) is 6.04 Å². The SMILES string of the molecule is CNC(=O)C1CNCCN1C(=O)c1cccc(F)c1Cl. The Labute approximate surface area is 121 Å². The molecule has 0 saturated carbocycles. The fourth-order valence-corrected chi connectivity index (χ4v) is 2.38. The average Bonchev–Trinajstić information content (AvgIpc) is 2.48. The molecule has 5 nitrogen and oxygen atoms in total. The lowest BCUT2D eigenvalue weighted by Gasteiger charge is -2.35. The molecule has 2 N–H and O–H groups in total. The van der Waals surface area contributed by atoms with Gasteiger partial charge in [0.2, 0.25) is 5.91 Å². The van der Waals surface area contributed by atoms with Crippen molar-refractivity contribution < 1.29 is 14.0 Å². The van der Waals surface area contributed by atoms with E-state index in [1.165, 1.54) is 30.1 Å². The molecule has 0 aliphatic carbocycles. The van der Waals surface area contributed by atoms with E-state index in [1.807, 2.05) is 0 Å². The number of halogens is 2. The molecule has 0 radical (unpaired) electrons. The molecule has 7 heteroatoms. The number of likely N-dealkylation sites (N-methyl/N-ethyl adjacent to an activating group) is 1. The highest BCUT2D eigenvalue weighted by atomic mass is 35.5. The first-order valence-corrected chi connectivity index (χ1v) is 6.61. The van der Waals surface area contributed by atoms with Gasteiger partial charge >= 0.3 is 0 Å². The molecule has 0 aromatic heterocycles. The third-order valence-corrected chi connectivity index (χ3v) is 3.62. The summed E-state index contributed by atoms with van der Waals surface area (Å²) >= 11 is 5.83. The van der Waals surface area contributed by atoms with Gasteiger partial charge in [-0.1, -0.05) is 17.7 Å². The molecule has 0 spiro atoms. The molecular weight excluding hydrogens is 285 g/mol. The quantitative estimate of drug-likeness (QED) is 0.842. The van der Waals surface area contributed by atoms with E-state index in [1.54, 1.807) is 0 Å². The Morgan fingerprint density at radius 2 is 2.25 bits per heavy atom. The smallest absolute Gasteiger partial charge is 0.256 e. The van der Waals surface area contributed by atoms with E-state index in [9.17, 15) is 14.0 Å².